The molecule has 1 unspecified atom stereocenters. The maximum Gasteiger partial charge on any atom is 0.157 e. The molecule has 1 aliphatic rings. The summed E-state index contributed by atoms with van der Waals surface area (Å²) in [6.07, 6.45) is 1.12. The lowest BCUT2D eigenvalue weighted by molar-refractivity contribution is -0.112. The second-order valence-corrected chi connectivity index (χ2v) is 10.1. The summed E-state index contributed by atoms with van der Waals surface area (Å²) in [7, 11) is -3.63. The topological polar surface area (TPSA) is 57.6 Å². The molecule has 156 valence electrons. The first-order chi connectivity index (χ1) is 14.3. The largest absolute Gasteiger partial charge is 0.385 e. The number of β-amino-alcohol motifs (C(OH)–C–C–N with tert-alkyl or cyclic N) is 1. The van der Waals surface area contributed by atoms with Crippen molar-refractivity contribution < 1.29 is 17.9 Å². The minimum absolute atomic E-state index is 0.0962. The van der Waals surface area contributed by atoms with E-state index in [4.69, 9.17) is 0 Å². The number of hydrogen-bond donors (Lipinski definition) is 1. The second kappa shape index (κ2) is 7.95. The summed E-state index contributed by atoms with van der Waals surface area (Å²) < 4.78 is 38.6. The maximum atomic E-state index is 13.4. The van der Waals surface area contributed by atoms with E-state index in [0.29, 0.717) is 5.56 Å². The molecule has 0 spiro atoms. The third-order valence-corrected chi connectivity index (χ3v) is 7.21. The van der Waals surface area contributed by atoms with E-state index in [1.54, 1.807) is 0 Å². The Bertz CT molecular complexity index is 1060. The van der Waals surface area contributed by atoms with E-state index in [-0.39, 0.29) is 19.1 Å². The van der Waals surface area contributed by atoms with Gasteiger partial charge >= 0.3 is 0 Å². The lowest BCUT2D eigenvalue weighted by Gasteiger charge is -2.53. The average molecular weight is 426 g/mol. The smallest absolute Gasteiger partial charge is 0.157 e. The molecule has 0 aromatic heterocycles. The van der Waals surface area contributed by atoms with Gasteiger partial charge in [0, 0.05) is 19.3 Å². The van der Waals surface area contributed by atoms with Crippen LogP contribution in [0.15, 0.2) is 84.9 Å². The molecule has 1 heterocycles. The van der Waals surface area contributed by atoms with Crippen LogP contribution in [0.25, 0.3) is 0 Å². The van der Waals surface area contributed by atoms with Crippen LogP contribution < -0.4 is 0 Å². The molecular formula is C24H24FNO3S. The number of rotatable bonds is 6. The van der Waals surface area contributed by atoms with E-state index in [1.807, 2.05) is 60.7 Å². The van der Waals surface area contributed by atoms with E-state index in [2.05, 4.69) is 4.90 Å². The predicted molar refractivity (Wildman–Crippen MR) is 115 cm³/mol. The Hall–Kier alpha value is -2.54. The van der Waals surface area contributed by atoms with Gasteiger partial charge in [0.05, 0.1) is 6.04 Å². The molecule has 1 saturated heterocycles. The number of nitrogens with zero attached hydrogens (tertiary/aromatic N) is 1. The summed E-state index contributed by atoms with van der Waals surface area (Å²) in [6.45, 7) is 0.382. The first-order valence-corrected chi connectivity index (χ1v) is 11.7. The van der Waals surface area contributed by atoms with Crippen molar-refractivity contribution in [2.75, 3.05) is 19.3 Å². The lowest BCUT2D eigenvalue weighted by atomic mass is 9.83. The van der Waals surface area contributed by atoms with Gasteiger partial charge in [-0.1, -0.05) is 72.8 Å². The van der Waals surface area contributed by atoms with Crippen molar-refractivity contribution in [3.8, 4) is 0 Å². The number of likely N-dealkylation sites (tertiary alicyclic amines) is 1. The summed E-state index contributed by atoms with van der Waals surface area (Å²) in [6, 6.07) is 25.1. The van der Waals surface area contributed by atoms with E-state index in [9.17, 15) is 17.9 Å². The summed E-state index contributed by atoms with van der Waals surface area (Å²) in [5.41, 5.74) is 1.09. The molecule has 6 heteroatoms. The Morgan fingerprint density at radius 1 is 0.833 bits per heavy atom. The highest BCUT2D eigenvalue weighted by atomic mass is 32.2. The first kappa shape index (κ1) is 20.7. The molecule has 1 atom stereocenters. The fraction of sp³-hybridized carbons (Fsp3) is 0.250. The molecule has 1 aliphatic heterocycles. The van der Waals surface area contributed by atoms with Gasteiger partial charge in [0.15, 0.2) is 9.84 Å². The molecule has 1 fully saturated rings. The summed E-state index contributed by atoms with van der Waals surface area (Å²) >= 11 is 0. The molecule has 3 aromatic rings. The Morgan fingerprint density at radius 2 is 1.30 bits per heavy atom. The number of hydrogen-bond acceptors (Lipinski definition) is 4. The average Bonchev–Trinajstić information content (AvgIpc) is 2.69. The predicted octanol–water partition coefficient (Wildman–Crippen LogP) is 3.75. The van der Waals surface area contributed by atoms with Crippen LogP contribution in [0, 0.1) is 5.82 Å². The van der Waals surface area contributed by atoms with Crippen LogP contribution >= 0.6 is 0 Å². The summed E-state index contributed by atoms with van der Waals surface area (Å²) in [5, 5.41) is 10.2. The normalized spacial score (nSPS) is 17.5. The number of halogens is 1. The van der Waals surface area contributed by atoms with Crippen molar-refractivity contribution in [1.29, 1.82) is 0 Å². The van der Waals surface area contributed by atoms with Crippen LogP contribution in [0.1, 0.15) is 28.0 Å². The zero-order valence-corrected chi connectivity index (χ0v) is 17.5. The molecule has 30 heavy (non-hydrogen) atoms. The summed E-state index contributed by atoms with van der Waals surface area (Å²) in [5.74, 6) is -0.443. The zero-order valence-electron chi connectivity index (χ0n) is 16.6. The third-order valence-electron chi connectivity index (χ3n) is 5.64. The van der Waals surface area contributed by atoms with Gasteiger partial charge in [0.25, 0.3) is 0 Å². The van der Waals surface area contributed by atoms with Crippen LogP contribution in [0.4, 0.5) is 4.39 Å². The molecule has 0 saturated carbocycles. The van der Waals surface area contributed by atoms with Gasteiger partial charge < -0.3 is 5.11 Å². The standard InChI is InChI=1S/C24H24FNO3S/c1-30(28,29)23(20-12-14-21(25)15-13-20)24(27)16-26(17-24)22(18-8-4-2-5-9-18)19-10-6-3-7-11-19/h2-15,22-23,27H,16-17H2,1H3. The quantitative estimate of drug-likeness (QED) is 0.654. The zero-order chi connectivity index (χ0) is 21.4. The minimum atomic E-state index is -3.63. The van der Waals surface area contributed by atoms with Crippen molar-refractivity contribution >= 4 is 9.84 Å². The van der Waals surface area contributed by atoms with Crippen LogP contribution in [0.2, 0.25) is 0 Å². The van der Waals surface area contributed by atoms with Crippen molar-refractivity contribution in [3.63, 3.8) is 0 Å². The molecule has 0 radical (unpaired) electrons. The molecule has 1 N–H and O–H groups in total. The van der Waals surface area contributed by atoms with Gasteiger partial charge in [-0.15, -0.1) is 0 Å². The maximum absolute atomic E-state index is 13.4. The number of benzene rings is 3. The SMILES string of the molecule is CS(=O)(=O)C(c1ccc(F)cc1)C1(O)CN(C(c2ccccc2)c2ccccc2)C1. The monoisotopic (exact) mass is 425 g/mol. The molecule has 0 bridgehead atoms. The highest BCUT2D eigenvalue weighted by Gasteiger charge is 2.54. The minimum Gasteiger partial charge on any atom is -0.385 e. The Balaban J connectivity index is 1.66. The molecule has 0 aliphatic carbocycles. The fourth-order valence-electron chi connectivity index (χ4n) is 4.48. The van der Waals surface area contributed by atoms with E-state index in [0.717, 1.165) is 17.4 Å². The highest BCUT2D eigenvalue weighted by molar-refractivity contribution is 7.91. The van der Waals surface area contributed by atoms with Crippen molar-refractivity contribution in [1.82, 2.24) is 4.90 Å². The molecule has 3 aromatic carbocycles. The van der Waals surface area contributed by atoms with E-state index < -0.39 is 26.5 Å². The van der Waals surface area contributed by atoms with Gasteiger partial charge in [-0.2, -0.15) is 0 Å². The van der Waals surface area contributed by atoms with E-state index >= 15 is 0 Å². The van der Waals surface area contributed by atoms with Crippen LogP contribution in [-0.2, 0) is 9.84 Å². The number of aliphatic hydroxyl groups is 1. The fourth-order valence-corrected chi connectivity index (χ4v) is 6.08. The first-order valence-electron chi connectivity index (χ1n) is 9.79. The van der Waals surface area contributed by atoms with Crippen LogP contribution in [-0.4, -0.2) is 43.4 Å². The van der Waals surface area contributed by atoms with E-state index in [1.165, 1.54) is 24.3 Å². The molecule has 4 rings (SSSR count). The molecular weight excluding hydrogens is 401 g/mol. The van der Waals surface area contributed by atoms with Crippen LogP contribution in [0.3, 0.4) is 0 Å². The molecule has 0 amide bonds. The van der Waals surface area contributed by atoms with Crippen molar-refractivity contribution in [3.05, 3.63) is 107 Å². The van der Waals surface area contributed by atoms with Crippen LogP contribution in [0.5, 0.6) is 0 Å². The Kier molecular flexibility index (Phi) is 5.49. The Morgan fingerprint density at radius 3 is 1.73 bits per heavy atom. The van der Waals surface area contributed by atoms with Crippen molar-refractivity contribution in [2.24, 2.45) is 0 Å². The summed E-state index contributed by atoms with van der Waals surface area (Å²) in [4.78, 5) is 2.08. The Labute approximate surface area is 176 Å². The third kappa shape index (κ3) is 4.03. The van der Waals surface area contributed by atoms with Gasteiger partial charge in [0.2, 0.25) is 0 Å². The van der Waals surface area contributed by atoms with Gasteiger partial charge in [-0.05, 0) is 28.8 Å². The van der Waals surface area contributed by atoms with Gasteiger partial charge in [-0.3, -0.25) is 4.90 Å². The second-order valence-electron chi connectivity index (χ2n) is 7.99. The van der Waals surface area contributed by atoms with Gasteiger partial charge in [0.1, 0.15) is 16.7 Å². The molecule has 4 nitrogen and oxygen atoms in total. The number of sulfone groups is 1. The van der Waals surface area contributed by atoms with Crippen molar-refractivity contribution in [2.45, 2.75) is 16.9 Å². The highest BCUT2D eigenvalue weighted by Crippen LogP contribution is 2.44. The van der Waals surface area contributed by atoms with Gasteiger partial charge in [-0.25, -0.2) is 12.8 Å². The lowest BCUT2D eigenvalue weighted by Crippen LogP contribution is -2.66.